The van der Waals surface area contributed by atoms with Crippen molar-refractivity contribution in [1.82, 2.24) is 20.2 Å². The van der Waals surface area contributed by atoms with E-state index in [2.05, 4.69) is 42.1 Å². The zero-order chi connectivity index (χ0) is 27.5. The standard InChI is InChI=1S/C27H24BrClN6O4/c1-15-23(26(36)31-20-10-6-7-11-21(20)37-2)24(35-27(30-15)32-33-34-35)17-12-18(28)25(22(13-17)38-3)39-14-16-8-4-5-9-19(16)29/h4-13,24H,14H2,1-3H3,(H,31,36)(H,30,32,34). The molecule has 0 saturated heterocycles. The molecule has 0 bridgehead atoms. The number of halogens is 2. The van der Waals surface area contributed by atoms with E-state index in [9.17, 15) is 4.79 Å². The maximum absolute atomic E-state index is 13.7. The van der Waals surface area contributed by atoms with Gasteiger partial charge >= 0.3 is 0 Å². The van der Waals surface area contributed by atoms with E-state index in [-0.39, 0.29) is 12.5 Å². The molecule has 200 valence electrons. The molecule has 1 atom stereocenters. The lowest BCUT2D eigenvalue weighted by atomic mass is 9.94. The van der Waals surface area contributed by atoms with Gasteiger partial charge in [-0.1, -0.05) is 47.0 Å². The molecule has 1 aliphatic heterocycles. The van der Waals surface area contributed by atoms with Gasteiger partial charge in [-0.3, -0.25) is 4.79 Å². The van der Waals surface area contributed by atoms with Gasteiger partial charge in [0.25, 0.3) is 5.91 Å². The highest BCUT2D eigenvalue weighted by Crippen LogP contribution is 2.43. The first kappa shape index (κ1) is 26.5. The van der Waals surface area contributed by atoms with Crippen LogP contribution in [0.2, 0.25) is 5.02 Å². The minimum absolute atomic E-state index is 0.240. The Kier molecular flexibility index (Phi) is 7.71. The second-order valence-corrected chi connectivity index (χ2v) is 9.84. The molecule has 1 unspecified atom stereocenters. The number of carbonyl (C=O) groups excluding carboxylic acids is 1. The van der Waals surface area contributed by atoms with Gasteiger partial charge in [-0.2, -0.15) is 4.68 Å². The van der Waals surface area contributed by atoms with Gasteiger partial charge < -0.3 is 24.8 Å². The monoisotopic (exact) mass is 610 g/mol. The lowest BCUT2D eigenvalue weighted by molar-refractivity contribution is -0.113. The van der Waals surface area contributed by atoms with Gasteiger partial charge in [0.15, 0.2) is 11.5 Å². The number of amides is 1. The second kappa shape index (κ2) is 11.3. The summed E-state index contributed by atoms with van der Waals surface area (Å²) in [7, 11) is 3.10. The number of aromatic nitrogens is 4. The molecule has 4 aromatic rings. The van der Waals surface area contributed by atoms with Crippen molar-refractivity contribution in [2.24, 2.45) is 0 Å². The number of fused-ring (bicyclic) bond motifs is 1. The number of hydrogen-bond donors (Lipinski definition) is 2. The van der Waals surface area contributed by atoms with Gasteiger partial charge in [-0.05, 0) is 69.2 Å². The zero-order valence-electron chi connectivity index (χ0n) is 21.2. The molecule has 3 aromatic carbocycles. The second-order valence-electron chi connectivity index (χ2n) is 8.58. The number of nitrogens with zero attached hydrogens (tertiary/aromatic N) is 4. The number of hydrogen-bond acceptors (Lipinski definition) is 8. The first-order valence-corrected chi connectivity index (χ1v) is 13.0. The number of nitrogens with one attached hydrogen (secondary N) is 2. The van der Waals surface area contributed by atoms with Crippen molar-refractivity contribution < 1.29 is 19.0 Å². The quantitative estimate of drug-likeness (QED) is 0.264. The molecular formula is C27H24BrClN6O4. The maximum atomic E-state index is 13.7. The Bertz CT molecular complexity index is 1570. The van der Waals surface area contributed by atoms with Crippen molar-refractivity contribution in [3.8, 4) is 17.2 Å². The number of tetrazole rings is 1. The average Bonchev–Trinajstić information content (AvgIpc) is 3.40. The highest BCUT2D eigenvalue weighted by atomic mass is 79.9. The smallest absolute Gasteiger partial charge is 0.255 e. The number of methoxy groups -OCH3 is 2. The predicted molar refractivity (Wildman–Crippen MR) is 150 cm³/mol. The van der Waals surface area contributed by atoms with E-state index in [1.54, 1.807) is 44.0 Å². The van der Waals surface area contributed by atoms with Gasteiger partial charge in [0.1, 0.15) is 18.4 Å². The van der Waals surface area contributed by atoms with Gasteiger partial charge in [-0.25, -0.2) is 0 Å². The van der Waals surface area contributed by atoms with Crippen molar-refractivity contribution in [1.29, 1.82) is 0 Å². The highest BCUT2D eigenvalue weighted by molar-refractivity contribution is 9.10. The molecule has 2 N–H and O–H groups in total. The summed E-state index contributed by atoms with van der Waals surface area (Å²) in [5.74, 6) is 1.55. The van der Waals surface area contributed by atoms with E-state index in [1.165, 1.54) is 0 Å². The fourth-order valence-electron chi connectivity index (χ4n) is 4.36. The molecule has 12 heteroatoms. The number of benzene rings is 3. The Morgan fingerprint density at radius 1 is 1.10 bits per heavy atom. The number of ether oxygens (including phenoxy) is 3. The molecule has 0 saturated carbocycles. The van der Waals surface area contributed by atoms with Crippen LogP contribution in [0.5, 0.6) is 17.2 Å². The average molecular weight is 612 g/mol. The molecule has 1 aliphatic rings. The van der Waals surface area contributed by atoms with Gasteiger partial charge in [0.05, 0.1) is 30.0 Å². The van der Waals surface area contributed by atoms with Crippen LogP contribution in [-0.4, -0.2) is 40.3 Å². The molecule has 1 amide bonds. The molecule has 0 aliphatic carbocycles. The van der Waals surface area contributed by atoms with E-state index in [1.807, 2.05) is 42.5 Å². The highest BCUT2D eigenvalue weighted by Gasteiger charge is 2.35. The third-order valence-electron chi connectivity index (χ3n) is 6.21. The summed E-state index contributed by atoms with van der Waals surface area (Å²) in [6, 6.07) is 17.6. The number of anilines is 2. The number of carbonyl (C=O) groups is 1. The van der Waals surface area contributed by atoms with E-state index in [4.69, 9.17) is 25.8 Å². The first-order valence-electron chi connectivity index (χ1n) is 11.8. The third-order valence-corrected chi connectivity index (χ3v) is 7.17. The van der Waals surface area contributed by atoms with Crippen LogP contribution in [0, 0.1) is 0 Å². The predicted octanol–water partition coefficient (Wildman–Crippen LogP) is 5.61. The molecule has 1 aromatic heterocycles. The molecule has 39 heavy (non-hydrogen) atoms. The normalized spacial score (nSPS) is 14.3. The van der Waals surface area contributed by atoms with E-state index in [0.717, 1.165) is 5.56 Å². The summed E-state index contributed by atoms with van der Waals surface area (Å²) in [6.45, 7) is 2.04. The van der Waals surface area contributed by atoms with Crippen LogP contribution in [0.25, 0.3) is 0 Å². The topological polar surface area (TPSA) is 112 Å². The Morgan fingerprint density at radius 2 is 1.85 bits per heavy atom. The van der Waals surface area contributed by atoms with E-state index >= 15 is 0 Å². The first-order chi connectivity index (χ1) is 18.9. The van der Waals surface area contributed by atoms with Crippen LogP contribution >= 0.6 is 27.5 Å². The van der Waals surface area contributed by atoms with Crippen molar-refractivity contribution in [3.05, 3.63) is 92.6 Å². The number of para-hydroxylation sites is 2. The van der Waals surface area contributed by atoms with Crippen molar-refractivity contribution in [2.45, 2.75) is 19.6 Å². The van der Waals surface area contributed by atoms with Crippen LogP contribution < -0.4 is 24.8 Å². The van der Waals surface area contributed by atoms with Crippen molar-refractivity contribution in [2.75, 3.05) is 24.9 Å². The van der Waals surface area contributed by atoms with Crippen LogP contribution in [0.3, 0.4) is 0 Å². The molecule has 0 fully saturated rings. The zero-order valence-corrected chi connectivity index (χ0v) is 23.6. The van der Waals surface area contributed by atoms with Crippen LogP contribution in [0.15, 0.2) is 76.4 Å². The molecule has 0 spiro atoms. The van der Waals surface area contributed by atoms with Crippen LogP contribution in [0.1, 0.15) is 24.1 Å². The Balaban J connectivity index is 1.53. The molecule has 2 heterocycles. The van der Waals surface area contributed by atoms with Gasteiger partial charge in [0.2, 0.25) is 5.95 Å². The molecule has 10 nitrogen and oxygen atoms in total. The molecule has 0 radical (unpaired) electrons. The lowest BCUT2D eigenvalue weighted by Crippen LogP contribution is -2.31. The molecule has 5 rings (SSSR count). The summed E-state index contributed by atoms with van der Waals surface area (Å²) >= 11 is 9.93. The number of rotatable bonds is 8. The number of allylic oxidation sites excluding steroid dienone is 1. The minimum Gasteiger partial charge on any atom is -0.495 e. The summed E-state index contributed by atoms with van der Waals surface area (Å²) in [4.78, 5) is 13.7. The maximum Gasteiger partial charge on any atom is 0.255 e. The van der Waals surface area contributed by atoms with Gasteiger partial charge in [-0.15, -0.1) is 0 Å². The minimum atomic E-state index is -0.672. The van der Waals surface area contributed by atoms with Crippen LogP contribution in [0.4, 0.5) is 11.6 Å². The molecular weight excluding hydrogens is 588 g/mol. The summed E-state index contributed by atoms with van der Waals surface area (Å²) in [6.07, 6.45) is 0. The van der Waals surface area contributed by atoms with E-state index in [0.29, 0.717) is 55.2 Å². The summed E-state index contributed by atoms with van der Waals surface area (Å²) in [5, 5.41) is 18.7. The van der Waals surface area contributed by atoms with Crippen molar-refractivity contribution in [3.63, 3.8) is 0 Å². The van der Waals surface area contributed by atoms with Gasteiger partial charge in [0, 0.05) is 16.3 Å². The summed E-state index contributed by atoms with van der Waals surface area (Å²) in [5.41, 5.74) is 3.09. The SMILES string of the molecule is COc1ccccc1NC(=O)C1=C(C)Nc2nnnn2C1c1cc(Br)c(OCc2ccccc2Cl)c(OC)c1. The third kappa shape index (κ3) is 5.27. The largest absolute Gasteiger partial charge is 0.495 e. The lowest BCUT2D eigenvalue weighted by Gasteiger charge is -2.28. The summed E-state index contributed by atoms with van der Waals surface area (Å²) < 4.78 is 19.4. The Hall–Kier alpha value is -4.09. The fraction of sp³-hybridized carbons (Fsp3) is 0.185. The van der Waals surface area contributed by atoms with Crippen molar-refractivity contribution >= 4 is 45.1 Å². The fourth-order valence-corrected chi connectivity index (χ4v) is 5.12. The Labute approximate surface area is 238 Å². The van der Waals surface area contributed by atoms with E-state index < -0.39 is 6.04 Å². The van der Waals surface area contributed by atoms with Crippen LogP contribution in [-0.2, 0) is 11.4 Å². The Morgan fingerprint density at radius 3 is 2.62 bits per heavy atom.